The van der Waals surface area contributed by atoms with Crippen molar-refractivity contribution in [2.75, 3.05) is 6.54 Å². The van der Waals surface area contributed by atoms with Crippen LogP contribution in [-0.2, 0) is 43.0 Å². The Kier molecular flexibility index (Phi) is 7.95. The number of piperidine rings is 1. The fourth-order valence-corrected chi connectivity index (χ4v) is 12.1. The Morgan fingerprint density at radius 1 is 1.23 bits per heavy atom. The fourth-order valence-electron chi connectivity index (χ4n) is 4.31. The van der Waals surface area contributed by atoms with Crippen LogP contribution in [0.25, 0.3) is 0 Å². The van der Waals surface area contributed by atoms with E-state index < -0.39 is 39.6 Å². The second kappa shape index (κ2) is 9.95. The third-order valence-electron chi connectivity index (χ3n) is 5.58. The van der Waals surface area contributed by atoms with E-state index in [9.17, 15) is 9.59 Å². The summed E-state index contributed by atoms with van der Waals surface area (Å²) in [6.07, 6.45) is -0.186. The molecule has 0 saturated carbocycles. The molecule has 3 rings (SSSR count). The molecule has 2 aliphatic rings. The molecule has 2 saturated heterocycles. The fraction of sp³-hybridized carbons (Fsp3) is 0.636. The molecular weight excluding hydrogens is 653 g/mol. The third-order valence-corrected chi connectivity index (χ3v) is 13.0. The number of hydrogen-bond acceptors (Lipinski definition) is 5. The number of benzene rings is 1. The summed E-state index contributed by atoms with van der Waals surface area (Å²) < 4.78 is 18.6. The summed E-state index contributed by atoms with van der Waals surface area (Å²) in [6.45, 7) is 9.92. The number of carbonyl (C=O) groups excluding carboxylic acids is 2. The second-order valence-electron chi connectivity index (χ2n) is 9.58. The number of nitrogens with zero attached hydrogens (tertiary/aromatic N) is 2. The molecular formula is C22H31BrHgN2O5. The van der Waals surface area contributed by atoms with E-state index in [0.717, 1.165) is 9.49 Å². The van der Waals surface area contributed by atoms with E-state index in [-0.39, 0.29) is 30.9 Å². The Hall–Kier alpha value is -0.865. The number of carbonyl (C=O) groups is 2. The van der Waals surface area contributed by atoms with Crippen LogP contribution in [0.15, 0.2) is 30.3 Å². The zero-order chi connectivity index (χ0) is 22.8. The Morgan fingerprint density at radius 3 is 2.52 bits per heavy atom. The molecule has 31 heavy (non-hydrogen) atoms. The van der Waals surface area contributed by atoms with Gasteiger partial charge < -0.3 is 0 Å². The summed E-state index contributed by atoms with van der Waals surface area (Å²) in [5.41, 5.74) is -0.463. The van der Waals surface area contributed by atoms with Crippen molar-refractivity contribution in [3.05, 3.63) is 35.9 Å². The SMILES string of the molecule is CC(C)(C)OC(=O)N1[C@@H]2CN(C(=O)OCc3ccccc3)[C@H]([CH2][Hg][Br])C[C@@H]2OC1(C)C. The van der Waals surface area contributed by atoms with Crippen molar-refractivity contribution in [3.8, 4) is 0 Å². The van der Waals surface area contributed by atoms with Gasteiger partial charge in [-0.15, -0.1) is 0 Å². The van der Waals surface area contributed by atoms with Crippen LogP contribution in [0.2, 0.25) is 3.93 Å². The molecule has 0 bridgehead atoms. The summed E-state index contributed by atoms with van der Waals surface area (Å²) in [7, 11) is 0. The number of likely N-dealkylation sites (tertiary alicyclic amines) is 1. The number of ether oxygens (including phenoxy) is 3. The minimum absolute atomic E-state index is 0.0694. The van der Waals surface area contributed by atoms with Gasteiger partial charge in [0.15, 0.2) is 0 Å². The Labute approximate surface area is 202 Å². The average molecular weight is 684 g/mol. The van der Waals surface area contributed by atoms with Crippen molar-refractivity contribution in [3.63, 3.8) is 0 Å². The van der Waals surface area contributed by atoms with Crippen LogP contribution in [0.4, 0.5) is 9.59 Å². The zero-order valence-electron chi connectivity index (χ0n) is 19.0. The first kappa shape index (κ1) is 24.8. The molecule has 0 aromatic heterocycles. The first-order chi connectivity index (χ1) is 14.5. The van der Waals surface area contributed by atoms with Crippen LogP contribution < -0.4 is 0 Å². The molecule has 0 unspecified atom stereocenters. The number of fused-ring (bicyclic) bond motifs is 1. The van der Waals surface area contributed by atoms with Crippen molar-refractivity contribution in [2.45, 2.75) is 81.1 Å². The van der Waals surface area contributed by atoms with E-state index in [0.29, 0.717) is 13.0 Å². The van der Waals surface area contributed by atoms with Gasteiger partial charge in [-0.25, -0.2) is 0 Å². The molecule has 0 N–H and O–H groups in total. The Morgan fingerprint density at radius 2 is 1.90 bits per heavy atom. The summed E-state index contributed by atoms with van der Waals surface area (Å²) in [5, 5.41) is 0. The van der Waals surface area contributed by atoms with Crippen LogP contribution in [-0.4, -0.2) is 58.0 Å². The van der Waals surface area contributed by atoms with Gasteiger partial charge in [-0.2, -0.15) is 0 Å². The number of halogens is 1. The molecule has 2 fully saturated rings. The van der Waals surface area contributed by atoms with Gasteiger partial charge in [0.05, 0.1) is 0 Å². The van der Waals surface area contributed by atoms with Crippen LogP contribution >= 0.6 is 11.9 Å². The summed E-state index contributed by atoms with van der Waals surface area (Å²) in [4.78, 5) is 29.5. The van der Waals surface area contributed by atoms with Gasteiger partial charge in [0, 0.05) is 0 Å². The van der Waals surface area contributed by atoms with Gasteiger partial charge in [-0.3, -0.25) is 0 Å². The van der Waals surface area contributed by atoms with Crippen molar-refractivity contribution in [1.82, 2.24) is 9.80 Å². The number of hydrogen-bond donors (Lipinski definition) is 0. The number of rotatable bonds is 4. The molecule has 0 radical (unpaired) electrons. The topological polar surface area (TPSA) is 68.3 Å². The molecule has 0 aliphatic carbocycles. The zero-order valence-corrected chi connectivity index (χ0v) is 26.1. The summed E-state index contributed by atoms with van der Waals surface area (Å²) >= 11 is 2.52. The average Bonchev–Trinajstić information content (AvgIpc) is 2.94. The Bertz CT molecular complexity index is 786. The van der Waals surface area contributed by atoms with Gasteiger partial charge >= 0.3 is 203 Å². The van der Waals surface area contributed by atoms with Gasteiger partial charge in [0.25, 0.3) is 0 Å². The normalized spacial score (nSPS) is 24.9. The van der Waals surface area contributed by atoms with Gasteiger partial charge in [-0.1, -0.05) is 0 Å². The molecule has 2 aliphatic heterocycles. The standard InChI is InChI=1S/C22H31N2O5.BrH.Hg/c1-15-12-18-17(24(22(5,6)28-18)20(26)29-21(2,3)4)13-23(15)19(25)27-14-16-10-8-7-9-11-16;;/h7-11,15,17-18H,1,12-14H2,2-6H3;1H;/q;;+1/p-1/t15-,17-,18+;;/m1../s1. The van der Waals surface area contributed by atoms with Crippen LogP contribution in [0.5, 0.6) is 0 Å². The maximum absolute atomic E-state index is 13.0. The Balaban J connectivity index is 1.77. The monoisotopic (exact) mass is 684 g/mol. The summed E-state index contributed by atoms with van der Waals surface area (Å²) in [5.74, 6) is 0. The van der Waals surface area contributed by atoms with Crippen molar-refractivity contribution < 1.29 is 45.9 Å². The molecule has 168 valence electrons. The van der Waals surface area contributed by atoms with Crippen molar-refractivity contribution >= 4 is 24.1 Å². The molecule has 2 heterocycles. The maximum atomic E-state index is 13.0. The predicted octanol–water partition coefficient (Wildman–Crippen LogP) is 4.95. The molecule has 9 heteroatoms. The van der Waals surface area contributed by atoms with Gasteiger partial charge in [0.2, 0.25) is 0 Å². The van der Waals surface area contributed by atoms with Crippen molar-refractivity contribution in [2.24, 2.45) is 0 Å². The van der Waals surface area contributed by atoms with E-state index in [4.69, 9.17) is 14.2 Å². The van der Waals surface area contributed by atoms with E-state index in [1.807, 2.05) is 65.0 Å². The summed E-state index contributed by atoms with van der Waals surface area (Å²) in [6, 6.07) is 9.45. The first-order valence-corrected chi connectivity index (χ1v) is 26.6. The van der Waals surface area contributed by atoms with Crippen LogP contribution in [0.3, 0.4) is 0 Å². The molecule has 0 spiro atoms. The number of amides is 2. The van der Waals surface area contributed by atoms with E-state index >= 15 is 0 Å². The van der Waals surface area contributed by atoms with E-state index in [2.05, 4.69) is 11.9 Å². The van der Waals surface area contributed by atoms with Crippen LogP contribution in [0.1, 0.15) is 46.6 Å². The third kappa shape index (κ3) is 6.13. The predicted molar refractivity (Wildman–Crippen MR) is 116 cm³/mol. The van der Waals surface area contributed by atoms with Crippen LogP contribution in [0, 0.1) is 0 Å². The molecule has 7 nitrogen and oxygen atoms in total. The van der Waals surface area contributed by atoms with E-state index in [1.54, 1.807) is 9.80 Å². The molecule has 2 amide bonds. The molecule has 1 aromatic rings. The van der Waals surface area contributed by atoms with Crippen molar-refractivity contribution in [1.29, 1.82) is 0 Å². The molecule has 1 aromatic carbocycles. The van der Waals surface area contributed by atoms with Gasteiger partial charge in [0.1, 0.15) is 0 Å². The first-order valence-electron chi connectivity index (χ1n) is 10.8. The second-order valence-corrected chi connectivity index (χ2v) is 20.3. The minimum atomic E-state index is -1.20. The van der Waals surface area contributed by atoms with Gasteiger partial charge in [-0.05, 0) is 0 Å². The quantitative estimate of drug-likeness (QED) is 0.421. The van der Waals surface area contributed by atoms with E-state index in [1.165, 1.54) is 0 Å². The molecule has 3 atom stereocenters.